The van der Waals surface area contributed by atoms with E-state index in [0.29, 0.717) is 6.61 Å². The molecule has 0 bridgehead atoms. The SMILES string of the molecule is C=C(C)CCOc1ccccc1C(Sc1ccccc1)Sc1ccccc1. The van der Waals surface area contributed by atoms with E-state index in [-0.39, 0.29) is 4.58 Å². The van der Waals surface area contributed by atoms with Crippen LogP contribution in [0.3, 0.4) is 0 Å². The van der Waals surface area contributed by atoms with Gasteiger partial charge in [0.05, 0.1) is 11.2 Å². The molecule has 3 rings (SSSR count). The average Bonchev–Trinajstić information content (AvgIpc) is 2.69. The number of benzene rings is 3. The van der Waals surface area contributed by atoms with E-state index in [4.69, 9.17) is 4.74 Å². The molecule has 0 radical (unpaired) electrons. The molecule has 3 heteroatoms. The molecule has 3 aromatic rings. The van der Waals surface area contributed by atoms with Gasteiger partial charge in [-0.2, -0.15) is 0 Å². The average molecular weight is 393 g/mol. The van der Waals surface area contributed by atoms with Crippen molar-refractivity contribution in [1.29, 1.82) is 0 Å². The summed E-state index contributed by atoms with van der Waals surface area (Å²) in [5, 5.41) is 0. The minimum atomic E-state index is 0.204. The third-order valence-electron chi connectivity index (χ3n) is 3.93. The molecule has 0 atom stereocenters. The van der Waals surface area contributed by atoms with Gasteiger partial charge in [-0.1, -0.05) is 60.2 Å². The van der Waals surface area contributed by atoms with E-state index in [9.17, 15) is 0 Å². The van der Waals surface area contributed by atoms with Crippen LogP contribution in [0.15, 0.2) is 107 Å². The maximum atomic E-state index is 6.12. The van der Waals surface area contributed by atoms with Crippen LogP contribution in [0, 0.1) is 0 Å². The molecule has 27 heavy (non-hydrogen) atoms. The zero-order chi connectivity index (χ0) is 18.9. The quantitative estimate of drug-likeness (QED) is 0.211. The van der Waals surface area contributed by atoms with Gasteiger partial charge in [-0.15, -0.1) is 30.1 Å². The molecule has 3 aromatic carbocycles. The summed E-state index contributed by atoms with van der Waals surface area (Å²) in [6, 6.07) is 29.5. The van der Waals surface area contributed by atoms with Gasteiger partial charge in [0.15, 0.2) is 0 Å². The van der Waals surface area contributed by atoms with Gasteiger partial charge in [0, 0.05) is 21.8 Å². The number of rotatable bonds is 9. The molecule has 0 amide bonds. The highest BCUT2D eigenvalue weighted by Crippen LogP contribution is 2.49. The summed E-state index contributed by atoms with van der Waals surface area (Å²) in [7, 11) is 0. The summed E-state index contributed by atoms with van der Waals surface area (Å²) in [4.78, 5) is 2.50. The van der Waals surface area contributed by atoms with Gasteiger partial charge in [0.1, 0.15) is 5.75 Å². The summed E-state index contributed by atoms with van der Waals surface area (Å²) in [6.07, 6.45) is 0.872. The lowest BCUT2D eigenvalue weighted by molar-refractivity contribution is 0.319. The van der Waals surface area contributed by atoms with Crippen molar-refractivity contribution in [2.45, 2.75) is 27.7 Å². The highest BCUT2D eigenvalue weighted by Gasteiger charge is 2.19. The lowest BCUT2D eigenvalue weighted by atomic mass is 10.2. The number of para-hydroxylation sites is 1. The zero-order valence-electron chi connectivity index (χ0n) is 15.5. The fraction of sp³-hybridized carbons (Fsp3) is 0.167. The normalized spacial score (nSPS) is 10.7. The van der Waals surface area contributed by atoms with E-state index in [1.807, 2.05) is 36.5 Å². The van der Waals surface area contributed by atoms with E-state index in [1.54, 1.807) is 0 Å². The second-order valence-corrected chi connectivity index (χ2v) is 8.94. The summed E-state index contributed by atoms with van der Waals surface area (Å²) in [5.41, 5.74) is 2.35. The molecule has 0 spiro atoms. The Labute approximate surface area is 170 Å². The molecule has 0 N–H and O–H groups in total. The predicted molar refractivity (Wildman–Crippen MR) is 119 cm³/mol. The number of thioether (sulfide) groups is 2. The van der Waals surface area contributed by atoms with E-state index >= 15 is 0 Å². The van der Waals surface area contributed by atoms with E-state index in [0.717, 1.165) is 17.7 Å². The van der Waals surface area contributed by atoms with Gasteiger partial charge in [-0.25, -0.2) is 0 Å². The van der Waals surface area contributed by atoms with Crippen molar-refractivity contribution in [2.75, 3.05) is 6.61 Å². The zero-order valence-corrected chi connectivity index (χ0v) is 17.1. The fourth-order valence-electron chi connectivity index (χ4n) is 2.54. The van der Waals surface area contributed by atoms with Crippen molar-refractivity contribution in [3.63, 3.8) is 0 Å². The van der Waals surface area contributed by atoms with Crippen molar-refractivity contribution in [3.05, 3.63) is 103 Å². The maximum Gasteiger partial charge on any atom is 0.124 e. The van der Waals surface area contributed by atoms with Crippen LogP contribution in [-0.2, 0) is 0 Å². The Kier molecular flexibility index (Phi) is 7.49. The highest BCUT2D eigenvalue weighted by molar-refractivity contribution is 8.16. The van der Waals surface area contributed by atoms with Crippen molar-refractivity contribution in [3.8, 4) is 5.75 Å². The molecule has 0 aliphatic carbocycles. The minimum absolute atomic E-state index is 0.204. The van der Waals surface area contributed by atoms with Crippen molar-refractivity contribution in [2.24, 2.45) is 0 Å². The topological polar surface area (TPSA) is 9.23 Å². The van der Waals surface area contributed by atoms with Crippen molar-refractivity contribution in [1.82, 2.24) is 0 Å². The molecular formula is C24H24OS2. The smallest absolute Gasteiger partial charge is 0.124 e. The largest absolute Gasteiger partial charge is 0.493 e. The molecule has 0 heterocycles. The van der Waals surface area contributed by atoms with Crippen LogP contribution in [0.2, 0.25) is 0 Å². The van der Waals surface area contributed by atoms with E-state index in [2.05, 4.69) is 85.4 Å². The Morgan fingerprint density at radius 3 is 1.89 bits per heavy atom. The van der Waals surface area contributed by atoms with Crippen LogP contribution in [0.4, 0.5) is 0 Å². The Morgan fingerprint density at radius 1 is 0.815 bits per heavy atom. The van der Waals surface area contributed by atoms with Gasteiger partial charge in [0.2, 0.25) is 0 Å². The molecule has 0 aromatic heterocycles. The van der Waals surface area contributed by atoms with Crippen LogP contribution < -0.4 is 4.74 Å². The molecular weight excluding hydrogens is 368 g/mol. The maximum absolute atomic E-state index is 6.12. The van der Waals surface area contributed by atoms with Crippen LogP contribution in [0.5, 0.6) is 5.75 Å². The van der Waals surface area contributed by atoms with Gasteiger partial charge in [0.25, 0.3) is 0 Å². The monoisotopic (exact) mass is 392 g/mol. The first-order valence-electron chi connectivity index (χ1n) is 9.02. The first kappa shape index (κ1) is 19.7. The number of hydrogen-bond acceptors (Lipinski definition) is 3. The Morgan fingerprint density at radius 2 is 1.33 bits per heavy atom. The molecule has 0 unspecified atom stereocenters. The summed E-state index contributed by atoms with van der Waals surface area (Å²) >= 11 is 3.71. The van der Waals surface area contributed by atoms with Crippen LogP contribution in [0.25, 0.3) is 0 Å². The Balaban J connectivity index is 1.86. The van der Waals surface area contributed by atoms with Crippen LogP contribution in [-0.4, -0.2) is 6.61 Å². The molecule has 138 valence electrons. The summed E-state index contributed by atoms with van der Waals surface area (Å²) in [6.45, 7) is 6.66. The van der Waals surface area contributed by atoms with Gasteiger partial charge in [-0.05, 0) is 37.3 Å². The molecule has 0 saturated carbocycles. The second kappa shape index (κ2) is 10.3. The molecule has 0 aliphatic rings. The lowest BCUT2D eigenvalue weighted by Gasteiger charge is -2.20. The Hall–Kier alpha value is -2.10. The van der Waals surface area contributed by atoms with Crippen molar-refractivity contribution >= 4 is 23.5 Å². The first-order chi connectivity index (χ1) is 13.2. The predicted octanol–water partition coefficient (Wildman–Crippen LogP) is 7.61. The molecule has 0 saturated heterocycles. The third kappa shape index (κ3) is 6.23. The van der Waals surface area contributed by atoms with Crippen LogP contribution >= 0.6 is 23.5 Å². The summed E-state index contributed by atoms with van der Waals surface area (Å²) < 4.78 is 6.32. The number of ether oxygens (including phenoxy) is 1. The second-order valence-electron chi connectivity index (χ2n) is 6.29. The van der Waals surface area contributed by atoms with E-state index < -0.39 is 0 Å². The molecule has 0 fully saturated rings. The standard InChI is InChI=1S/C24H24OS2/c1-19(2)17-18-25-23-16-10-9-15-22(23)24(26-20-11-5-3-6-12-20)27-21-13-7-4-8-14-21/h3-16,24H,1,17-18H2,2H3. The molecule has 1 nitrogen and oxygen atoms in total. The summed E-state index contributed by atoms with van der Waals surface area (Å²) in [5.74, 6) is 0.954. The third-order valence-corrected chi connectivity index (χ3v) is 6.53. The fourth-order valence-corrected chi connectivity index (χ4v) is 5.16. The van der Waals surface area contributed by atoms with Crippen molar-refractivity contribution < 1.29 is 4.74 Å². The van der Waals surface area contributed by atoms with Gasteiger partial charge >= 0.3 is 0 Å². The van der Waals surface area contributed by atoms with E-state index in [1.165, 1.54) is 15.4 Å². The van der Waals surface area contributed by atoms with Crippen LogP contribution in [0.1, 0.15) is 23.5 Å². The lowest BCUT2D eigenvalue weighted by Crippen LogP contribution is -2.01. The Bertz CT molecular complexity index is 805. The minimum Gasteiger partial charge on any atom is -0.493 e. The first-order valence-corrected chi connectivity index (χ1v) is 10.8. The highest BCUT2D eigenvalue weighted by atomic mass is 32.2. The molecule has 0 aliphatic heterocycles. The van der Waals surface area contributed by atoms with Gasteiger partial charge in [-0.3, -0.25) is 0 Å². The number of hydrogen-bond donors (Lipinski definition) is 0. The van der Waals surface area contributed by atoms with Gasteiger partial charge < -0.3 is 4.74 Å².